The zero-order valence-electron chi connectivity index (χ0n) is 8.04. The van der Waals surface area contributed by atoms with Crippen LogP contribution < -0.4 is 5.90 Å². The molecule has 0 amide bonds. The first-order chi connectivity index (χ1) is 7.05. The Kier molecular flexibility index (Phi) is 4.22. The number of hydrogen-bond donors (Lipinski definition) is 2. The van der Waals surface area contributed by atoms with Gasteiger partial charge in [0.25, 0.3) is 10.1 Å². The molecule has 0 saturated heterocycles. The van der Waals surface area contributed by atoms with E-state index in [4.69, 9.17) is 10.4 Å². The highest BCUT2D eigenvalue weighted by atomic mass is 32.2. The molecule has 0 heterocycles. The minimum Gasteiger partial charge on any atom is -0.305 e. The van der Waals surface area contributed by atoms with Crippen molar-refractivity contribution in [1.29, 1.82) is 0 Å². The van der Waals surface area contributed by atoms with Crippen molar-refractivity contribution < 1.29 is 17.8 Å². The molecule has 0 aliphatic rings. The summed E-state index contributed by atoms with van der Waals surface area (Å²) in [6.07, 6.45) is 0.124. The maximum atomic E-state index is 11.1. The van der Waals surface area contributed by atoms with E-state index in [0.29, 0.717) is 5.56 Å². The molecule has 5 nitrogen and oxygen atoms in total. The van der Waals surface area contributed by atoms with Crippen molar-refractivity contribution in [3.63, 3.8) is 0 Å². The summed E-state index contributed by atoms with van der Waals surface area (Å²) in [4.78, 5) is 4.31. The first-order valence-corrected chi connectivity index (χ1v) is 5.89. The van der Waals surface area contributed by atoms with E-state index in [9.17, 15) is 8.42 Å². The van der Waals surface area contributed by atoms with Crippen molar-refractivity contribution in [2.45, 2.75) is 11.7 Å². The van der Waals surface area contributed by atoms with E-state index >= 15 is 0 Å². The number of hydrogen-bond acceptors (Lipinski definition) is 4. The summed E-state index contributed by atoms with van der Waals surface area (Å²) in [5.74, 6) is 4.82. The van der Waals surface area contributed by atoms with Crippen molar-refractivity contribution in [2.24, 2.45) is 5.90 Å². The van der Waals surface area contributed by atoms with Gasteiger partial charge in [0.2, 0.25) is 0 Å². The smallest absolute Gasteiger partial charge is 0.272 e. The Morgan fingerprint density at radius 2 is 1.93 bits per heavy atom. The lowest BCUT2D eigenvalue weighted by Gasteiger charge is -2.13. The lowest BCUT2D eigenvalue weighted by atomic mass is 10.1. The first kappa shape index (κ1) is 12.1. The van der Waals surface area contributed by atoms with Gasteiger partial charge in [-0.3, -0.25) is 4.55 Å². The summed E-state index contributed by atoms with van der Waals surface area (Å²) in [5.41, 5.74) is 0.525. The third kappa shape index (κ3) is 3.60. The Hall–Kier alpha value is -0.950. The topological polar surface area (TPSA) is 89.6 Å². The van der Waals surface area contributed by atoms with Gasteiger partial charge in [-0.15, -0.1) is 0 Å². The third-order valence-electron chi connectivity index (χ3n) is 2.03. The molecule has 1 unspecified atom stereocenters. The molecule has 1 rings (SSSR count). The van der Waals surface area contributed by atoms with Crippen LogP contribution in [0.4, 0.5) is 0 Å². The molecule has 0 bridgehead atoms. The van der Waals surface area contributed by atoms with Crippen LogP contribution in [-0.2, 0) is 15.0 Å². The molecule has 0 aromatic heterocycles. The van der Waals surface area contributed by atoms with Crippen molar-refractivity contribution in [3.8, 4) is 0 Å². The predicted molar refractivity (Wildman–Crippen MR) is 55.5 cm³/mol. The van der Waals surface area contributed by atoms with Gasteiger partial charge in [-0.25, -0.2) is 5.90 Å². The van der Waals surface area contributed by atoms with Gasteiger partial charge in [-0.2, -0.15) is 8.42 Å². The summed E-state index contributed by atoms with van der Waals surface area (Å²) in [6.45, 7) is 0.0688. The van der Waals surface area contributed by atoms with E-state index < -0.39 is 15.4 Å². The maximum Gasteiger partial charge on any atom is 0.272 e. The molecular formula is C9H13NO4S. The van der Waals surface area contributed by atoms with Crippen LogP contribution in [0.15, 0.2) is 30.3 Å². The van der Waals surface area contributed by atoms with Crippen LogP contribution >= 0.6 is 0 Å². The Morgan fingerprint density at radius 1 is 1.33 bits per heavy atom. The van der Waals surface area contributed by atoms with E-state index in [2.05, 4.69) is 4.84 Å². The summed E-state index contributed by atoms with van der Waals surface area (Å²) in [6, 6.07) is 8.45. The van der Waals surface area contributed by atoms with Crippen molar-refractivity contribution >= 4 is 10.1 Å². The average molecular weight is 231 g/mol. The number of benzene rings is 1. The van der Waals surface area contributed by atoms with Crippen LogP contribution in [0.5, 0.6) is 0 Å². The highest BCUT2D eigenvalue weighted by molar-refractivity contribution is 7.86. The zero-order valence-corrected chi connectivity index (χ0v) is 8.85. The second-order valence-electron chi connectivity index (χ2n) is 3.07. The van der Waals surface area contributed by atoms with Gasteiger partial charge in [0, 0.05) is 0 Å². The third-order valence-corrected chi connectivity index (χ3v) is 3.26. The first-order valence-electron chi connectivity index (χ1n) is 4.38. The highest BCUT2D eigenvalue weighted by Gasteiger charge is 2.24. The Bertz CT molecular complexity index is 390. The van der Waals surface area contributed by atoms with Crippen LogP contribution in [0.1, 0.15) is 17.2 Å². The average Bonchev–Trinajstić information content (AvgIpc) is 2.18. The second-order valence-corrected chi connectivity index (χ2v) is 4.67. The summed E-state index contributed by atoms with van der Waals surface area (Å²) in [7, 11) is -4.13. The minimum absolute atomic E-state index is 0.0688. The van der Waals surface area contributed by atoms with Crippen LogP contribution in [-0.4, -0.2) is 19.6 Å². The van der Waals surface area contributed by atoms with Gasteiger partial charge in [-0.1, -0.05) is 30.3 Å². The zero-order chi connectivity index (χ0) is 11.3. The fourth-order valence-electron chi connectivity index (χ4n) is 1.33. The number of rotatable bonds is 5. The van der Waals surface area contributed by atoms with Crippen LogP contribution in [0.3, 0.4) is 0 Å². The quantitative estimate of drug-likeness (QED) is 0.580. The molecule has 15 heavy (non-hydrogen) atoms. The van der Waals surface area contributed by atoms with Crippen molar-refractivity contribution in [3.05, 3.63) is 35.9 Å². The SMILES string of the molecule is NOCCC(c1ccccc1)S(=O)(=O)O. The molecule has 0 aliphatic heterocycles. The van der Waals surface area contributed by atoms with Crippen LogP contribution in [0.2, 0.25) is 0 Å². The highest BCUT2D eigenvalue weighted by Crippen LogP contribution is 2.24. The molecule has 84 valence electrons. The van der Waals surface area contributed by atoms with Crippen LogP contribution in [0, 0.1) is 0 Å². The molecule has 3 N–H and O–H groups in total. The van der Waals surface area contributed by atoms with Gasteiger partial charge in [0.05, 0.1) is 6.61 Å². The second kappa shape index (κ2) is 5.22. The molecular weight excluding hydrogens is 218 g/mol. The summed E-state index contributed by atoms with van der Waals surface area (Å²) < 4.78 is 31.2. The van der Waals surface area contributed by atoms with Gasteiger partial charge in [0.1, 0.15) is 5.25 Å². The van der Waals surface area contributed by atoms with E-state index in [0.717, 1.165) is 0 Å². The maximum absolute atomic E-state index is 11.1. The van der Waals surface area contributed by atoms with Gasteiger partial charge < -0.3 is 4.84 Å². The molecule has 1 aromatic rings. The van der Waals surface area contributed by atoms with Gasteiger partial charge in [0.15, 0.2) is 0 Å². The Labute approximate surface area is 88.6 Å². The molecule has 1 aromatic carbocycles. The van der Waals surface area contributed by atoms with E-state index in [1.54, 1.807) is 30.3 Å². The fourth-order valence-corrected chi connectivity index (χ4v) is 2.23. The molecule has 6 heteroatoms. The predicted octanol–water partition coefficient (Wildman–Crippen LogP) is 0.896. The lowest BCUT2D eigenvalue weighted by molar-refractivity contribution is 0.134. The van der Waals surface area contributed by atoms with Gasteiger partial charge >= 0.3 is 0 Å². The molecule has 0 radical (unpaired) electrons. The standard InChI is InChI=1S/C9H13NO4S/c10-14-7-6-9(15(11,12)13)8-4-2-1-3-5-8/h1-5,9H,6-7,10H2,(H,11,12,13). The Balaban J connectivity index is 2.92. The summed E-state index contributed by atoms with van der Waals surface area (Å²) >= 11 is 0. The van der Waals surface area contributed by atoms with E-state index in [1.165, 1.54) is 0 Å². The molecule has 0 spiro atoms. The van der Waals surface area contributed by atoms with E-state index in [1.807, 2.05) is 0 Å². The summed E-state index contributed by atoms with van der Waals surface area (Å²) in [5, 5.41) is -0.984. The molecule has 1 atom stereocenters. The molecule has 0 fully saturated rings. The van der Waals surface area contributed by atoms with Crippen LogP contribution in [0.25, 0.3) is 0 Å². The Morgan fingerprint density at radius 3 is 2.40 bits per heavy atom. The normalized spacial score (nSPS) is 13.7. The fraction of sp³-hybridized carbons (Fsp3) is 0.333. The van der Waals surface area contributed by atoms with Crippen molar-refractivity contribution in [1.82, 2.24) is 0 Å². The van der Waals surface area contributed by atoms with Gasteiger partial charge in [-0.05, 0) is 12.0 Å². The van der Waals surface area contributed by atoms with E-state index in [-0.39, 0.29) is 13.0 Å². The largest absolute Gasteiger partial charge is 0.305 e. The monoisotopic (exact) mass is 231 g/mol. The number of nitrogens with two attached hydrogens (primary N) is 1. The van der Waals surface area contributed by atoms with Crippen molar-refractivity contribution in [2.75, 3.05) is 6.61 Å². The lowest BCUT2D eigenvalue weighted by Crippen LogP contribution is -2.15. The molecule has 0 aliphatic carbocycles. The molecule has 0 saturated carbocycles. The minimum atomic E-state index is -4.13.